The zero-order valence-electron chi connectivity index (χ0n) is 15.0. The lowest BCUT2D eigenvalue weighted by Crippen LogP contribution is -2.52. The van der Waals surface area contributed by atoms with Gasteiger partial charge in [0, 0.05) is 16.1 Å². The zero-order valence-corrected chi connectivity index (χ0v) is 17.4. The second-order valence-electron chi connectivity index (χ2n) is 8.17. The Balaban J connectivity index is 1.89. The van der Waals surface area contributed by atoms with E-state index < -0.39 is 10.0 Å². The molecule has 2 fully saturated rings. The molecule has 0 radical (unpaired) electrons. The van der Waals surface area contributed by atoms with Crippen LogP contribution in [0, 0.1) is 16.7 Å². The minimum absolute atomic E-state index is 0.0535. The lowest BCUT2D eigenvalue weighted by atomic mass is 9.68. The van der Waals surface area contributed by atoms with E-state index in [4.69, 9.17) is 0 Å². The molecule has 1 amide bonds. The smallest absolute Gasteiger partial charge is 0.251 e. The number of hydrogen-bond donors (Lipinski definition) is 2. The van der Waals surface area contributed by atoms with Gasteiger partial charge in [-0.1, -0.05) is 20.8 Å². The van der Waals surface area contributed by atoms with Gasteiger partial charge in [-0.25, -0.2) is 13.1 Å². The number of carbonyl (C=O) groups excluding carboxylic acids is 1. The SMILES string of the molecule is CNS(=O)(=O)c1cc(C(=O)NC2C(C)(C)[C@H]3CC[C@@]2(C)C3)ccc1Br. The Hall–Kier alpha value is -0.920. The number of halogens is 1. The van der Waals surface area contributed by atoms with Crippen LogP contribution in [0.15, 0.2) is 27.6 Å². The van der Waals surface area contributed by atoms with Gasteiger partial charge in [0.05, 0.1) is 4.90 Å². The van der Waals surface area contributed by atoms with Crippen molar-refractivity contribution in [3.8, 4) is 0 Å². The van der Waals surface area contributed by atoms with Crippen LogP contribution in [0.3, 0.4) is 0 Å². The summed E-state index contributed by atoms with van der Waals surface area (Å²) in [7, 11) is -2.28. The Morgan fingerprint density at radius 3 is 2.52 bits per heavy atom. The normalized spacial score (nSPS) is 30.4. The van der Waals surface area contributed by atoms with E-state index in [-0.39, 0.29) is 27.7 Å². The highest BCUT2D eigenvalue weighted by molar-refractivity contribution is 9.10. The van der Waals surface area contributed by atoms with E-state index in [1.165, 1.54) is 19.5 Å². The van der Waals surface area contributed by atoms with Crippen molar-refractivity contribution >= 4 is 31.9 Å². The number of sulfonamides is 1. The summed E-state index contributed by atoms with van der Waals surface area (Å²) >= 11 is 3.25. The summed E-state index contributed by atoms with van der Waals surface area (Å²) in [5.41, 5.74) is 0.538. The van der Waals surface area contributed by atoms with Crippen molar-refractivity contribution in [1.29, 1.82) is 0 Å². The van der Waals surface area contributed by atoms with Crippen molar-refractivity contribution in [1.82, 2.24) is 10.0 Å². The van der Waals surface area contributed by atoms with E-state index in [1.54, 1.807) is 12.1 Å². The van der Waals surface area contributed by atoms with Crippen LogP contribution in [0.1, 0.15) is 50.4 Å². The van der Waals surface area contributed by atoms with Gasteiger partial charge < -0.3 is 5.32 Å². The van der Waals surface area contributed by atoms with Crippen LogP contribution in [0.2, 0.25) is 0 Å². The maximum atomic E-state index is 12.8. The van der Waals surface area contributed by atoms with Crippen LogP contribution >= 0.6 is 15.9 Å². The van der Waals surface area contributed by atoms with Gasteiger partial charge in [0.2, 0.25) is 10.0 Å². The van der Waals surface area contributed by atoms with Crippen LogP contribution < -0.4 is 10.0 Å². The fraction of sp³-hybridized carbons (Fsp3) is 0.611. The largest absolute Gasteiger partial charge is 0.348 e. The van der Waals surface area contributed by atoms with E-state index in [1.807, 2.05) is 0 Å². The molecule has 5 nitrogen and oxygen atoms in total. The lowest BCUT2D eigenvalue weighted by molar-refractivity contribution is 0.0737. The molecule has 2 aliphatic carbocycles. The van der Waals surface area contributed by atoms with Crippen molar-refractivity contribution in [2.75, 3.05) is 7.05 Å². The third-order valence-corrected chi connectivity index (χ3v) is 8.71. The molecule has 1 unspecified atom stereocenters. The van der Waals surface area contributed by atoms with Crippen LogP contribution in [0.4, 0.5) is 0 Å². The van der Waals surface area contributed by atoms with Gasteiger partial charge >= 0.3 is 0 Å². The standard InChI is InChI=1S/C18H25BrN2O3S/c1-17(2)12-7-8-18(3,10-12)16(17)21-15(22)11-5-6-13(19)14(9-11)25(23,24)20-4/h5-6,9,12,16,20H,7-8,10H2,1-4H3,(H,21,22)/t12-,16?,18-/m0/s1. The van der Waals surface area contributed by atoms with Gasteiger partial charge in [-0.2, -0.15) is 0 Å². The molecule has 2 aliphatic rings. The van der Waals surface area contributed by atoms with Gasteiger partial charge in [0.15, 0.2) is 0 Å². The number of rotatable bonds is 4. The molecule has 0 heterocycles. The molecule has 138 valence electrons. The highest BCUT2D eigenvalue weighted by Gasteiger charge is 2.59. The van der Waals surface area contributed by atoms with Crippen LogP contribution in [-0.4, -0.2) is 27.4 Å². The minimum Gasteiger partial charge on any atom is -0.348 e. The average molecular weight is 429 g/mol. The van der Waals surface area contributed by atoms with Crippen molar-refractivity contribution in [3.63, 3.8) is 0 Å². The molecule has 1 aromatic carbocycles. The first-order valence-corrected chi connectivity index (χ1v) is 10.8. The average Bonchev–Trinajstić information content (AvgIpc) is 3.02. The topological polar surface area (TPSA) is 75.3 Å². The maximum Gasteiger partial charge on any atom is 0.251 e. The number of hydrogen-bond acceptors (Lipinski definition) is 3. The molecule has 2 N–H and O–H groups in total. The zero-order chi connectivity index (χ0) is 18.6. The Bertz CT molecular complexity index is 817. The van der Waals surface area contributed by atoms with Gasteiger partial charge in [-0.05, 0) is 77.2 Å². The molecular formula is C18H25BrN2O3S. The van der Waals surface area contributed by atoms with Crippen molar-refractivity contribution in [2.24, 2.45) is 16.7 Å². The second-order valence-corrected chi connectivity index (χ2v) is 10.9. The number of fused-ring (bicyclic) bond motifs is 2. The minimum atomic E-state index is -3.63. The third-order valence-electron chi connectivity index (χ3n) is 6.30. The summed E-state index contributed by atoms with van der Waals surface area (Å²) in [5, 5.41) is 3.20. The van der Waals surface area contributed by atoms with E-state index in [9.17, 15) is 13.2 Å². The molecular weight excluding hydrogens is 404 g/mol. The Kier molecular flexibility index (Phi) is 4.57. The quantitative estimate of drug-likeness (QED) is 0.771. The predicted molar refractivity (Wildman–Crippen MR) is 101 cm³/mol. The summed E-state index contributed by atoms with van der Waals surface area (Å²) in [6.45, 7) is 6.71. The summed E-state index contributed by atoms with van der Waals surface area (Å²) in [4.78, 5) is 12.9. The monoisotopic (exact) mass is 428 g/mol. The molecule has 0 spiro atoms. The summed E-state index contributed by atoms with van der Waals surface area (Å²) in [6.07, 6.45) is 3.50. The van der Waals surface area contributed by atoms with E-state index in [0.29, 0.717) is 16.0 Å². The first-order valence-electron chi connectivity index (χ1n) is 8.55. The summed E-state index contributed by atoms with van der Waals surface area (Å²) in [5.74, 6) is 0.417. The number of amides is 1. The molecule has 2 saturated carbocycles. The molecule has 1 aromatic rings. The summed E-state index contributed by atoms with van der Waals surface area (Å²) < 4.78 is 27.0. The molecule has 3 rings (SSSR count). The van der Waals surface area contributed by atoms with Gasteiger partial charge in [-0.15, -0.1) is 0 Å². The Morgan fingerprint density at radius 1 is 1.28 bits per heavy atom. The molecule has 7 heteroatoms. The Morgan fingerprint density at radius 2 is 1.96 bits per heavy atom. The van der Waals surface area contributed by atoms with Crippen LogP contribution in [-0.2, 0) is 10.0 Å². The third kappa shape index (κ3) is 3.04. The molecule has 3 atom stereocenters. The fourth-order valence-corrected chi connectivity index (χ4v) is 6.55. The van der Waals surface area contributed by atoms with Gasteiger partial charge in [0.25, 0.3) is 5.91 Å². The highest BCUT2D eigenvalue weighted by atomic mass is 79.9. The van der Waals surface area contributed by atoms with Gasteiger partial charge in [-0.3, -0.25) is 4.79 Å². The molecule has 0 aliphatic heterocycles. The number of carbonyl (C=O) groups is 1. The van der Waals surface area contributed by atoms with Crippen LogP contribution in [0.5, 0.6) is 0 Å². The number of benzene rings is 1. The Labute approximate surface area is 158 Å². The van der Waals surface area contributed by atoms with E-state index >= 15 is 0 Å². The van der Waals surface area contributed by atoms with Crippen LogP contribution in [0.25, 0.3) is 0 Å². The highest BCUT2D eigenvalue weighted by Crippen LogP contribution is 2.62. The van der Waals surface area contributed by atoms with Crippen molar-refractivity contribution in [3.05, 3.63) is 28.2 Å². The van der Waals surface area contributed by atoms with Crippen molar-refractivity contribution < 1.29 is 13.2 Å². The first-order chi connectivity index (χ1) is 11.5. The van der Waals surface area contributed by atoms with Crippen molar-refractivity contribution in [2.45, 2.75) is 51.0 Å². The maximum absolute atomic E-state index is 12.8. The second kappa shape index (κ2) is 6.06. The predicted octanol–water partition coefficient (Wildman–Crippen LogP) is 3.30. The van der Waals surface area contributed by atoms with Gasteiger partial charge in [0.1, 0.15) is 0 Å². The molecule has 2 bridgehead atoms. The molecule has 0 aromatic heterocycles. The first kappa shape index (κ1) is 18.9. The molecule has 0 saturated heterocycles. The van der Waals surface area contributed by atoms with E-state index in [2.05, 4.69) is 46.7 Å². The summed E-state index contributed by atoms with van der Waals surface area (Å²) in [6, 6.07) is 4.77. The number of nitrogens with one attached hydrogen (secondary N) is 2. The molecule has 25 heavy (non-hydrogen) atoms. The lowest BCUT2D eigenvalue weighted by Gasteiger charge is -2.43. The van der Waals surface area contributed by atoms with E-state index in [0.717, 1.165) is 12.8 Å². The fourth-order valence-electron chi connectivity index (χ4n) is 4.84.